The molecule has 0 unspecified atom stereocenters. The number of methoxy groups -OCH3 is 1. The standard InChI is InChI=1S/C14H24N4O/c1-15-14(16-2)17-10-13(18(3)4)11-6-8-12(19-5)9-7-11/h6-9,13H,10H2,1-5H3,(H2,15,16,17)/t13-/m1/s1. The van der Waals surface area contributed by atoms with Gasteiger partial charge in [0.2, 0.25) is 0 Å². The third kappa shape index (κ3) is 4.44. The van der Waals surface area contributed by atoms with E-state index in [0.717, 1.165) is 18.3 Å². The molecule has 0 aliphatic rings. The zero-order valence-electron chi connectivity index (χ0n) is 12.4. The third-order valence-electron chi connectivity index (χ3n) is 3.05. The van der Waals surface area contributed by atoms with Gasteiger partial charge in [0.15, 0.2) is 5.96 Å². The van der Waals surface area contributed by atoms with E-state index in [1.165, 1.54) is 5.56 Å². The van der Waals surface area contributed by atoms with Crippen LogP contribution in [0.4, 0.5) is 0 Å². The van der Waals surface area contributed by atoms with Crippen LogP contribution in [0.25, 0.3) is 0 Å². The van der Waals surface area contributed by atoms with Gasteiger partial charge in [-0.3, -0.25) is 4.99 Å². The smallest absolute Gasteiger partial charge is 0.190 e. The predicted octanol–water partition coefficient (Wildman–Crippen LogP) is 1.09. The first kappa shape index (κ1) is 15.3. The highest BCUT2D eigenvalue weighted by Gasteiger charge is 2.14. The summed E-state index contributed by atoms with van der Waals surface area (Å²) in [5.41, 5.74) is 1.24. The maximum absolute atomic E-state index is 5.18. The number of guanidine groups is 1. The molecule has 0 aliphatic heterocycles. The van der Waals surface area contributed by atoms with E-state index in [4.69, 9.17) is 4.74 Å². The lowest BCUT2D eigenvalue weighted by Crippen LogP contribution is -2.40. The Balaban J connectivity index is 2.76. The van der Waals surface area contributed by atoms with Crippen LogP contribution in [0.3, 0.4) is 0 Å². The topological polar surface area (TPSA) is 48.9 Å². The Kier molecular flexibility index (Phi) is 6.15. The van der Waals surface area contributed by atoms with Gasteiger partial charge in [-0.2, -0.15) is 0 Å². The molecule has 0 amide bonds. The van der Waals surface area contributed by atoms with E-state index in [9.17, 15) is 0 Å². The maximum Gasteiger partial charge on any atom is 0.190 e. The Labute approximate surface area is 115 Å². The molecule has 0 aliphatic carbocycles. The number of rotatable bonds is 5. The molecule has 1 aromatic rings. The largest absolute Gasteiger partial charge is 0.497 e. The van der Waals surface area contributed by atoms with Crippen LogP contribution in [0.1, 0.15) is 11.6 Å². The highest BCUT2D eigenvalue weighted by molar-refractivity contribution is 5.79. The fourth-order valence-electron chi connectivity index (χ4n) is 1.90. The van der Waals surface area contributed by atoms with E-state index in [2.05, 4.69) is 46.8 Å². The zero-order chi connectivity index (χ0) is 14.3. The van der Waals surface area contributed by atoms with Gasteiger partial charge < -0.3 is 20.3 Å². The van der Waals surface area contributed by atoms with Crippen molar-refractivity contribution in [2.75, 3.05) is 41.8 Å². The van der Waals surface area contributed by atoms with Crippen molar-refractivity contribution in [2.24, 2.45) is 4.99 Å². The van der Waals surface area contributed by atoms with Crippen LogP contribution < -0.4 is 15.4 Å². The second-order valence-electron chi connectivity index (χ2n) is 4.46. The van der Waals surface area contributed by atoms with Crippen LogP contribution in [0, 0.1) is 0 Å². The molecular weight excluding hydrogens is 240 g/mol. The van der Waals surface area contributed by atoms with E-state index in [-0.39, 0.29) is 6.04 Å². The van der Waals surface area contributed by atoms with E-state index < -0.39 is 0 Å². The van der Waals surface area contributed by atoms with Crippen LogP contribution in [0.5, 0.6) is 5.75 Å². The number of hydrogen-bond donors (Lipinski definition) is 2. The van der Waals surface area contributed by atoms with Crippen molar-refractivity contribution < 1.29 is 4.74 Å². The highest BCUT2D eigenvalue weighted by Crippen LogP contribution is 2.20. The summed E-state index contributed by atoms with van der Waals surface area (Å²) in [5.74, 6) is 1.67. The van der Waals surface area contributed by atoms with Crippen LogP contribution >= 0.6 is 0 Å². The predicted molar refractivity (Wildman–Crippen MR) is 79.8 cm³/mol. The molecule has 1 aromatic carbocycles. The van der Waals surface area contributed by atoms with Gasteiger partial charge in [0.25, 0.3) is 0 Å². The molecule has 0 fully saturated rings. The third-order valence-corrected chi connectivity index (χ3v) is 3.05. The normalized spacial score (nSPS) is 13.3. The molecule has 1 rings (SSSR count). The molecule has 0 spiro atoms. The molecule has 106 valence electrons. The molecule has 5 nitrogen and oxygen atoms in total. The van der Waals surface area contributed by atoms with Crippen LogP contribution in [-0.2, 0) is 0 Å². The number of nitrogens with one attached hydrogen (secondary N) is 2. The first-order valence-corrected chi connectivity index (χ1v) is 6.31. The first-order chi connectivity index (χ1) is 9.12. The van der Waals surface area contributed by atoms with Crippen molar-refractivity contribution in [2.45, 2.75) is 6.04 Å². The van der Waals surface area contributed by atoms with E-state index >= 15 is 0 Å². The second kappa shape index (κ2) is 7.63. The van der Waals surface area contributed by atoms with Crippen molar-refractivity contribution in [1.82, 2.24) is 15.5 Å². The zero-order valence-corrected chi connectivity index (χ0v) is 12.4. The Bertz CT molecular complexity index is 400. The number of hydrogen-bond acceptors (Lipinski definition) is 3. The molecule has 0 aromatic heterocycles. The SMILES string of the molecule is CN=C(NC)NC[C@H](c1ccc(OC)cc1)N(C)C. The highest BCUT2D eigenvalue weighted by atomic mass is 16.5. The second-order valence-corrected chi connectivity index (χ2v) is 4.46. The lowest BCUT2D eigenvalue weighted by molar-refractivity contribution is 0.298. The molecule has 5 heteroatoms. The minimum atomic E-state index is 0.274. The van der Waals surface area contributed by atoms with Crippen LogP contribution in [-0.4, -0.2) is 52.7 Å². The Morgan fingerprint density at radius 3 is 2.37 bits per heavy atom. The van der Waals surface area contributed by atoms with Gasteiger partial charge >= 0.3 is 0 Å². The number of likely N-dealkylation sites (N-methyl/N-ethyl adjacent to an activating group) is 1. The average Bonchev–Trinajstić information content (AvgIpc) is 2.43. The average molecular weight is 264 g/mol. The molecule has 1 atom stereocenters. The summed E-state index contributed by atoms with van der Waals surface area (Å²) in [6.07, 6.45) is 0. The summed E-state index contributed by atoms with van der Waals surface area (Å²) in [6, 6.07) is 8.42. The number of aliphatic imine (C=N–C) groups is 1. The van der Waals surface area contributed by atoms with Gasteiger partial charge in [0, 0.05) is 20.6 Å². The summed E-state index contributed by atoms with van der Waals surface area (Å²) in [5, 5.41) is 6.31. The summed E-state index contributed by atoms with van der Waals surface area (Å²) >= 11 is 0. The molecule has 0 bridgehead atoms. The van der Waals surface area contributed by atoms with Crippen LogP contribution in [0.2, 0.25) is 0 Å². The van der Waals surface area contributed by atoms with E-state index in [1.54, 1.807) is 14.2 Å². The van der Waals surface area contributed by atoms with Crippen molar-refractivity contribution in [1.29, 1.82) is 0 Å². The van der Waals surface area contributed by atoms with Gasteiger partial charge in [-0.15, -0.1) is 0 Å². The summed E-state index contributed by atoms with van der Waals surface area (Å²) in [4.78, 5) is 6.29. The number of ether oxygens (including phenoxy) is 1. The quantitative estimate of drug-likeness (QED) is 0.617. The van der Waals surface area contributed by atoms with Gasteiger partial charge in [-0.25, -0.2) is 0 Å². The van der Waals surface area contributed by atoms with Crippen molar-refractivity contribution in [3.05, 3.63) is 29.8 Å². The fraction of sp³-hybridized carbons (Fsp3) is 0.500. The van der Waals surface area contributed by atoms with E-state index in [0.29, 0.717) is 0 Å². The molecular formula is C14H24N4O. The molecule has 19 heavy (non-hydrogen) atoms. The lowest BCUT2D eigenvalue weighted by Gasteiger charge is -2.26. The summed E-state index contributed by atoms with van der Waals surface area (Å²) < 4.78 is 5.18. The first-order valence-electron chi connectivity index (χ1n) is 6.31. The Morgan fingerprint density at radius 1 is 1.32 bits per heavy atom. The molecule has 0 saturated carbocycles. The van der Waals surface area contributed by atoms with Gasteiger partial charge in [-0.1, -0.05) is 12.1 Å². The summed E-state index contributed by atoms with van der Waals surface area (Å²) in [7, 11) is 9.43. The van der Waals surface area contributed by atoms with Gasteiger partial charge in [-0.05, 0) is 31.8 Å². The summed E-state index contributed by atoms with van der Waals surface area (Å²) in [6.45, 7) is 0.785. The van der Waals surface area contributed by atoms with Crippen molar-refractivity contribution >= 4 is 5.96 Å². The van der Waals surface area contributed by atoms with E-state index in [1.807, 2.05) is 19.2 Å². The maximum atomic E-state index is 5.18. The fourth-order valence-corrected chi connectivity index (χ4v) is 1.90. The van der Waals surface area contributed by atoms with Crippen LogP contribution in [0.15, 0.2) is 29.3 Å². The monoisotopic (exact) mass is 264 g/mol. The minimum Gasteiger partial charge on any atom is -0.497 e. The van der Waals surface area contributed by atoms with Gasteiger partial charge in [0.1, 0.15) is 5.75 Å². The number of nitrogens with zero attached hydrogens (tertiary/aromatic N) is 2. The molecule has 0 saturated heterocycles. The number of benzene rings is 1. The van der Waals surface area contributed by atoms with Crippen molar-refractivity contribution in [3.63, 3.8) is 0 Å². The lowest BCUT2D eigenvalue weighted by atomic mass is 10.1. The Morgan fingerprint density at radius 2 is 1.95 bits per heavy atom. The molecule has 2 N–H and O–H groups in total. The molecule has 0 radical (unpaired) electrons. The minimum absolute atomic E-state index is 0.274. The van der Waals surface area contributed by atoms with Gasteiger partial charge in [0.05, 0.1) is 13.2 Å². The Hall–Kier alpha value is -1.75. The molecule has 0 heterocycles. The van der Waals surface area contributed by atoms with Crippen molar-refractivity contribution in [3.8, 4) is 5.75 Å².